The van der Waals surface area contributed by atoms with Gasteiger partial charge in [-0.15, -0.1) is 17.0 Å². The lowest BCUT2D eigenvalue weighted by Gasteiger charge is -2.15. The first-order chi connectivity index (χ1) is 12.4. The molecule has 0 aromatic heterocycles. The third-order valence-electron chi connectivity index (χ3n) is 4.36. The number of hydrogen-bond acceptors (Lipinski definition) is 1. The van der Waals surface area contributed by atoms with Crippen LogP contribution in [0.1, 0.15) is 29.7 Å². The lowest BCUT2D eigenvalue weighted by atomic mass is 10.00. The van der Waals surface area contributed by atoms with E-state index < -0.39 is 11.7 Å². The molecule has 0 aliphatic rings. The third-order valence-corrected chi connectivity index (χ3v) is 4.36. The van der Waals surface area contributed by atoms with Gasteiger partial charge in [-0.1, -0.05) is 66.7 Å². The molecular formula is C22H21BrF3N. The number of fused-ring (bicyclic) bond motifs is 1. The molecule has 3 rings (SSSR count). The van der Waals surface area contributed by atoms with E-state index in [2.05, 4.69) is 36.5 Å². The highest BCUT2D eigenvalue weighted by molar-refractivity contribution is 8.93. The summed E-state index contributed by atoms with van der Waals surface area (Å²) in [6, 6.07) is 19.9. The number of nitrogens with one attached hydrogen (secondary N) is 1. The maximum Gasteiger partial charge on any atom is 0.416 e. The molecule has 1 N–H and O–H groups in total. The van der Waals surface area contributed by atoms with Crippen molar-refractivity contribution in [2.24, 2.45) is 0 Å². The molecule has 0 saturated heterocycles. The third kappa shape index (κ3) is 5.44. The number of alkyl halides is 3. The molecule has 0 fully saturated rings. The summed E-state index contributed by atoms with van der Waals surface area (Å²) < 4.78 is 38.2. The zero-order valence-corrected chi connectivity index (χ0v) is 16.5. The average molecular weight is 436 g/mol. The summed E-state index contributed by atoms with van der Waals surface area (Å²) >= 11 is 0. The van der Waals surface area contributed by atoms with E-state index in [4.69, 9.17) is 0 Å². The number of rotatable bonds is 5. The minimum absolute atomic E-state index is 0. The normalized spacial score (nSPS) is 12.9. The van der Waals surface area contributed by atoms with Crippen molar-refractivity contribution < 1.29 is 13.2 Å². The van der Waals surface area contributed by atoms with E-state index >= 15 is 0 Å². The second kappa shape index (κ2) is 9.20. The largest absolute Gasteiger partial charge is 0.416 e. The summed E-state index contributed by atoms with van der Waals surface area (Å²) in [6.45, 7) is 2.65. The van der Waals surface area contributed by atoms with E-state index in [1.54, 1.807) is 12.1 Å². The highest BCUT2D eigenvalue weighted by atomic mass is 79.9. The van der Waals surface area contributed by atoms with Crippen molar-refractivity contribution in [1.82, 2.24) is 5.32 Å². The van der Waals surface area contributed by atoms with Crippen LogP contribution in [-0.2, 0) is 6.18 Å². The Morgan fingerprint density at radius 2 is 1.67 bits per heavy atom. The molecular weight excluding hydrogens is 415 g/mol. The quantitative estimate of drug-likeness (QED) is 0.464. The van der Waals surface area contributed by atoms with Gasteiger partial charge in [-0.05, 0) is 41.0 Å². The standard InChI is InChI=1S/C22H20F3N.BrH/c1-16(20-13-5-10-18-9-2-3-12-21(18)20)26-14-6-8-17-7-4-11-19(15-17)22(23,24)25;/h2-13,15-16,26H,14H2,1H3;1H/t16-;/m1./s1. The Labute approximate surface area is 167 Å². The van der Waals surface area contributed by atoms with Crippen molar-refractivity contribution >= 4 is 33.8 Å². The van der Waals surface area contributed by atoms with Crippen molar-refractivity contribution in [2.45, 2.75) is 19.1 Å². The van der Waals surface area contributed by atoms with E-state index in [0.29, 0.717) is 12.1 Å². The zero-order valence-electron chi connectivity index (χ0n) is 14.8. The van der Waals surface area contributed by atoms with Gasteiger partial charge in [-0.3, -0.25) is 0 Å². The van der Waals surface area contributed by atoms with Gasteiger partial charge >= 0.3 is 6.18 Å². The van der Waals surface area contributed by atoms with E-state index in [1.165, 1.54) is 22.4 Å². The highest BCUT2D eigenvalue weighted by Crippen LogP contribution is 2.29. The topological polar surface area (TPSA) is 12.0 Å². The van der Waals surface area contributed by atoms with E-state index in [0.717, 1.165) is 12.1 Å². The second-order valence-electron chi connectivity index (χ2n) is 6.22. The molecule has 0 saturated carbocycles. The monoisotopic (exact) mass is 435 g/mol. The van der Waals surface area contributed by atoms with E-state index in [-0.39, 0.29) is 23.0 Å². The SMILES string of the molecule is Br.C[C@@H](NCC=Cc1cccc(C(F)(F)F)c1)c1cccc2ccccc12. The minimum Gasteiger partial charge on any atom is -0.307 e. The fraction of sp³-hybridized carbons (Fsp3) is 0.182. The van der Waals surface area contributed by atoms with Crippen LogP contribution in [0.3, 0.4) is 0 Å². The van der Waals surface area contributed by atoms with Gasteiger partial charge in [0.1, 0.15) is 0 Å². The molecule has 27 heavy (non-hydrogen) atoms. The van der Waals surface area contributed by atoms with Gasteiger partial charge in [0.05, 0.1) is 5.56 Å². The van der Waals surface area contributed by atoms with Crippen molar-refractivity contribution in [1.29, 1.82) is 0 Å². The maximum atomic E-state index is 12.7. The molecule has 3 aromatic rings. The highest BCUT2D eigenvalue weighted by Gasteiger charge is 2.30. The average Bonchev–Trinajstić information content (AvgIpc) is 2.64. The summed E-state index contributed by atoms with van der Waals surface area (Å²) in [5.74, 6) is 0. The fourth-order valence-electron chi connectivity index (χ4n) is 3.00. The van der Waals surface area contributed by atoms with Crippen molar-refractivity contribution in [2.75, 3.05) is 6.54 Å². The molecule has 0 unspecified atom stereocenters. The molecule has 142 valence electrons. The van der Waals surface area contributed by atoms with Crippen LogP contribution in [0.5, 0.6) is 0 Å². The molecule has 0 aliphatic carbocycles. The maximum absolute atomic E-state index is 12.7. The van der Waals surface area contributed by atoms with Gasteiger partial charge in [0.25, 0.3) is 0 Å². The van der Waals surface area contributed by atoms with E-state index in [9.17, 15) is 13.2 Å². The zero-order chi connectivity index (χ0) is 18.6. The summed E-state index contributed by atoms with van der Waals surface area (Å²) in [5, 5.41) is 5.80. The molecule has 0 radical (unpaired) electrons. The molecule has 0 aliphatic heterocycles. The van der Waals surface area contributed by atoms with Gasteiger partial charge in [0, 0.05) is 12.6 Å². The number of halogens is 4. The van der Waals surface area contributed by atoms with Gasteiger partial charge in [0.15, 0.2) is 0 Å². The molecule has 0 heterocycles. The Balaban J connectivity index is 0.00000261. The Bertz CT molecular complexity index is 913. The first-order valence-electron chi connectivity index (χ1n) is 8.50. The van der Waals surface area contributed by atoms with Crippen LogP contribution in [-0.4, -0.2) is 6.54 Å². The van der Waals surface area contributed by atoms with Crippen LogP contribution in [0.2, 0.25) is 0 Å². The number of hydrogen-bond donors (Lipinski definition) is 1. The van der Waals surface area contributed by atoms with Crippen LogP contribution >= 0.6 is 17.0 Å². The van der Waals surface area contributed by atoms with Crippen LogP contribution in [0.25, 0.3) is 16.8 Å². The molecule has 3 aromatic carbocycles. The summed E-state index contributed by atoms with van der Waals surface area (Å²) in [7, 11) is 0. The molecule has 1 atom stereocenters. The predicted molar refractivity (Wildman–Crippen MR) is 111 cm³/mol. The molecule has 1 nitrogen and oxygen atoms in total. The van der Waals surface area contributed by atoms with E-state index in [1.807, 2.05) is 24.3 Å². The van der Waals surface area contributed by atoms with Crippen LogP contribution in [0.15, 0.2) is 72.8 Å². The van der Waals surface area contributed by atoms with Crippen molar-refractivity contribution in [3.63, 3.8) is 0 Å². The van der Waals surface area contributed by atoms with Gasteiger partial charge in [-0.2, -0.15) is 13.2 Å². The summed E-state index contributed by atoms with van der Waals surface area (Å²) in [5.41, 5.74) is 1.12. The Hall–Kier alpha value is -2.11. The smallest absolute Gasteiger partial charge is 0.307 e. The first-order valence-corrected chi connectivity index (χ1v) is 8.50. The van der Waals surface area contributed by atoms with Crippen LogP contribution in [0.4, 0.5) is 13.2 Å². The minimum atomic E-state index is -4.31. The fourth-order valence-corrected chi connectivity index (χ4v) is 3.00. The summed E-state index contributed by atoms with van der Waals surface area (Å²) in [6.07, 6.45) is -0.764. The lowest BCUT2D eigenvalue weighted by molar-refractivity contribution is -0.137. The van der Waals surface area contributed by atoms with Crippen molar-refractivity contribution in [3.8, 4) is 0 Å². The Kier molecular flexibility index (Phi) is 7.22. The van der Waals surface area contributed by atoms with Crippen LogP contribution < -0.4 is 5.32 Å². The Morgan fingerprint density at radius 1 is 0.963 bits per heavy atom. The Morgan fingerprint density at radius 3 is 2.44 bits per heavy atom. The van der Waals surface area contributed by atoms with Crippen molar-refractivity contribution in [3.05, 3.63) is 89.5 Å². The van der Waals surface area contributed by atoms with Gasteiger partial charge in [0.2, 0.25) is 0 Å². The molecule has 0 bridgehead atoms. The molecule has 0 amide bonds. The molecule has 5 heteroatoms. The molecule has 0 spiro atoms. The first kappa shape index (κ1) is 21.2. The summed E-state index contributed by atoms with van der Waals surface area (Å²) in [4.78, 5) is 0. The predicted octanol–water partition coefficient (Wildman–Crippen LogP) is 6.80. The van der Waals surface area contributed by atoms with Crippen LogP contribution in [0, 0.1) is 0 Å². The van der Waals surface area contributed by atoms with Gasteiger partial charge < -0.3 is 5.32 Å². The number of benzene rings is 3. The second-order valence-corrected chi connectivity index (χ2v) is 6.22. The lowest BCUT2D eigenvalue weighted by Crippen LogP contribution is -2.18. The van der Waals surface area contributed by atoms with Gasteiger partial charge in [-0.25, -0.2) is 0 Å².